The number of hydrogen-bond donors (Lipinski definition) is 0. The molecule has 1 saturated heterocycles. The third kappa shape index (κ3) is 3.84. The summed E-state index contributed by atoms with van der Waals surface area (Å²) in [6.07, 6.45) is -0.665. The van der Waals surface area contributed by atoms with E-state index in [1.165, 1.54) is 0 Å². The summed E-state index contributed by atoms with van der Waals surface area (Å²) in [4.78, 5) is 15.1. The van der Waals surface area contributed by atoms with Crippen molar-refractivity contribution < 1.29 is 23.7 Å². The third-order valence-electron chi connectivity index (χ3n) is 5.74. The SMILES string of the molecule is COc1ccc(O[C@H]2C(=O)N(c3cc(C)ccc3C)[C@H]2c2ccc(OC)c(OC)c2)cc1. The second kappa shape index (κ2) is 8.83. The summed E-state index contributed by atoms with van der Waals surface area (Å²) >= 11 is 0. The molecule has 0 spiro atoms. The molecule has 2 atom stereocenters. The summed E-state index contributed by atoms with van der Waals surface area (Å²) in [7, 11) is 4.81. The van der Waals surface area contributed by atoms with E-state index in [2.05, 4.69) is 0 Å². The molecule has 6 heteroatoms. The van der Waals surface area contributed by atoms with Crippen LogP contribution in [0.1, 0.15) is 22.7 Å². The van der Waals surface area contributed by atoms with Gasteiger partial charge in [0.2, 0.25) is 6.10 Å². The Hall–Kier alpha value is -3.67. The molecule has 0 aromatic heterocycles. The van der Waals surface area contributed by atoms with Crippen LogP contribution in [0.15, 0.2) is 60.7 Å². The molecule has 0 saturated carbocycles. The topological polar surface area (TPSA) is 57.2 Å². The van der Waals surface area contributed by atoms with Crippen LogP contribution in [0.5, 0.6) is 23.0 Å². The number of rotatable bonds is 7. The average Bonchev–Trinajstić information content (AvgIpc) is 2.82. The Morgan fingerprint density at radius 1 is 0.750 bits per heavy atom. The highest BCUT2D eigenvalue weighted by molar-refractivity contribution is 6.06. The maximum atomic E-state index is 13.3. The van der Waals surface area contributed by atoms with Gasteiger partial charge in [-0.3, -0.25) is 9.69 Å². The molecular formula is C26H27NO5. The van der Waals surface area contributed by atoms with E-state index in [4.69, 9.17) is 18.9 Å². The molecule has 0 bridgehead atoms. The van der Waals surface area contributed by atoms with Gasteiger partial charge in [0.15, 0.2) is 11.5 Å². The predicted octanol–water partition coefficient (Wildman–Crippen LogP) is 4.86. The van der Waals surface area contributed by atoms with Gasteiger partial charge in [-0.25, -0.2) is 0 Å². The monoisotopic (exact) mass is 433 g/mol. The number of hydrogen-bond acceptors (Lipinski definition) is 5. The number of aryl methyl sites for hydroxylation is 2. The molecule has 0 radical (unpaired) electrons. The van der Waals surface area contributed by atoms with Gasteiger partial charge in [0.25, 0.3) is 5.91 Å². The van der Waals surface area contributed by atoms with Crippen molar-refractivity contribution in [3.8, 4) is 23.0 Å². The van der Waals surface area contributed by atoms with E-state index in [-0.39, 0.29) is 11.9 Å². The standard InChI is InChI=1S/C26H27NO5/c1-16-6-7-17(2)21(14-16)27-24(18-8-13-22(30-4)23(15-18)31-5)25(26(27)28)32-20-11-9-19(29-3)10-12-20/h6-15,24-25H,1-5H3/t24-,25+/m0/s1. The van der Waals surface area contributed by atoms with E-state index in [1.54, 1.807) is 38.4 Å². The predicted molar refractivity (Wildman–Crippen MR) is 123 cm³/mol. The van der Waals surface area contributed by atoms with Crippen molar-refractivity contribution in [1.29, 1.82) is 0 Å². The Morgan fingerprint density at radius 2 is 1.44 bits per heavy atom. The Labute approximate surface area is 188 Å². The molecule has 6 nitrogen and oxygen atoms in total. The van der Waals surface area contributed by atoms with Crippen LogP contribution in [0, 0.1) is 13.8 Å². The quantitative estimate of drug-likeness (QED) is 0.498. The Kier molecular flexibility index (Phi) is 5.95. The number of methoxy groups -OCH3 is 3. The summed E-state index contributed by atoms with van der Waals surface area (Å²) in [5.74, 6) is 2.48. The fourth-order valence-corrected chi connectivity index (χ4v) is 3.99. The van der Waals surface area contributed by atoms with E-state index < -0.39 is 6.10 Å². The van der Waals surface area contributed by atoms with Crippen molar-refractivity contribution in [1.82, 2.24) is 0 Å². The number of benzene rings is 3. The maximum absolute atomic E-state index is 13.3. The zero-order valence-corrected chi connectivity index (χ0v) is 18.9. The van der Waals surface area contributed by atoms with Gasteiger partial charge < -0.3 is 18.9 Å². The molecule has 4 rings (SSSR count). The van der Waals surface area contributed by atoms with Gasteiger partial charge in [0.05, 0.1) is 21.3 Å². The third-order valence-corrected chi connectivity index (χ3v) is 5.74. The lowest BCUT2D eigenvalue weighted by Crippen LogP contribution is -2.61. The van der Waals surface area contributed by atoms with E-state index in [1.807, 2.05) is 62.4 Å². The molecule has 1 amide bonds. The van der Waals surface area contributed by atoms with Crippen molar-refractivity contribution in [3.63, 3.8) is 0 Å². The zero-order chi connectivity index (χ0) is 22.8. The number of ether oxygens (including phenoxy) is 4. The molecule has 1 heterocycles. The Bertz CT molecular complexity index is 1130. The van der Waals surface area contributed by atoms with E-state index in [0.717, 1.165) is 28.1 Å². The number of nitrogens with zero attached hydrogens (tertiary/aromatic N) is 1. The second-order valence-corrected chi connectivity index (χ2v) is 7.77. The van der Waals surface area contributed by atoms with Gasteiger partial charge >= 0.3 is 0 Å². The molecule has 1 fully saturated rings. The Morgan fingerprint density at radius 3 is 2.09 bits per heavy atom. The number of anilines is 1. The zero-order valence-electron chi connectivity index (χ0n) is 18.9. The minimum absolute atomic E-state index is 0.0886. The maximum Gasteiger partial charge on any atom is 0.271 e. The smallest absolute Gasteiger partial charge is 0.271 e. The summed E-state index contributed by atoms with van der Waals surface area (Å²) in [6.45, 7) is 4.02. The summed E-state index contributed by atoms with van der Waals surface area (Å²) in [5.41, 5.74) is 3.90. The molecule has 32 heavy (non-hydrogen) atoms. The molecule has 1 aliphatic rings. The molecule has 166 valence electrons. The van der Waals surface area contributed by atoms with Crippen LogP contribution >= 0.6 is 0 Å². The number of amides is 1. The van der Waals surface area contributed by atoms with Crippen LogP contribution < -0.4 is 23.8 Å². The van der Waals surface area contributed by atoms with E-state index in [0.29, 0.717) is 17.2 Å². The second-order valence-electron chi connectivity index (χ2n) is 7.77. The van der Waals surface area contributed by atoms with Crippen molar-refractivity contribution in [2.75, 3.05) is 26.2 Å². The van der Waals surface area contributed by atoms with Gasteiger partial charge in [0, 0.05) is 5.69 Å². The lowest BCUT2D eigenvalue weighted by Gasteiger charge is -2.47. The molecule has 3 aromatic carbocycles. The van der Waals surface area contributed by atoms with Crippen molar-refractivity contribution >= 4 is 11.6 Å². The molecule has 3 aromatic rings. The van der Waals surface area contributed by atoms with Gasteiger partial charge in [-0.15, -0.1) is 0 Å². The highest BCUT2D eigenvalue weighted by Crippen LogP contribution is 2.44. The fourth-order valence-electron chi connectivity index (χ4n) is 3.99. The molecule has 0 unspecified atom stereocenters. The highest BCUT2D eigenvalue weighted by Gasteiger charge is 2.51. The highest BCUT2D eigenvalue weighted by atomic mass is 16.5. The Balaban J connectivity index is 1.74. The summed E-state index contributed by atoms with van der Waals surface area (Å²) in [6, 6.07) is 18.7. The van der Waals surface area contributed by atoms with Crippen LogP contribution in [0.25, 0.3) is 0 Å². The molecule has 0 N–H and O–H groups in total. The first-order valence-electron chi connectivity index (χ1n) is 10.4. The van der Waals surface area contributed by atoms with E-state index >= 15 is 0 Å². The first-order chi connectivity index (χ1) is 15.5. The molecule has 0 aliphatic carbocycles. The van der Waals surface area contributed by atoms with Crippen LogP contribution in [0.2, 0.25) is 0 Å². The number of carbonyl (C=O) groups excluding carboxylic acids is 1. The summed E-state index contributed by atoms with van der Waals surface area (Å²) in [5, 5.41) is 0. The van der Waals surface area contributed by atoms with Crippen LogP contribution in [-0.4, -0.2) is 33.3 Å². The minimum Gasteiger partial charge on any atom is -0.497 e. The number of β-lactam (4-membered cyclic amide) rings is 1. The largest absolute Gasteiger partial charge is 0.497 e. The van der Waals surface area contributed by atoms with Gasteiger partial charge in [-0.2, -0.15) is 0 Å². The summed E-state index contributed by atoms with van der Waals surface area (Å²) < 4.78 is 22.3. The van der Waals surface area contributed by atoms with Crippen LogP contribution in [0.4, 0.5) is 5.69 Å². The first-order valence-corrected chi connectivity index (χ1v) is 10.4. The van der Waals surface area contributed by atoms with Crippen molar-refractivity contribution in [2.45, 2.75) is 26.0 Å². The van der Waals surface area contributed by atoms with Gasteiger partial charge in [-0.05, 0) is 73.0 Å². The van der Waals surface area contributed by atoms with Crippen LogP contribution in [-0.2, 0) is 4.79 Å². The van der Waals surface area contributed by atoms with Gasteiger partial charge in [0.1, 0.15) is 17.5 Å². The number of carbonyl (C=O) groups is 1. The van der Waals surface area contributed by atoms with Crippen molar-refractivity contribution in [3.05, 3.63) is 77.4 Å². The lowest BCUT2D eigenvalue weighted by molar-refractivity contribution is -0.135. The molecule has 1 aliphatic heterocycles. The van der Waals surface area contributed by atoms with E-state index in [9.17, 15) is 4.79 Å². The average molecular weight is 434 g/mol. The van der Waals surface area contributed by atoms with Gasteiger partial charge in [-0.1, -0.05) is 18.2 Å². The molecular weight excluding hydrogens is 406 g/mol. The first kappa shape index (κ1) is 21.6. The van der Waals surface area contributed by atoms with Crippen LogP contribution in [0.3, 0.4) is 0 Å². The van der Waals surface area contributed by atoms with Crippen molar-refractivity contribution in [2.24, 2.45) is 0 Å². The lowest BCUT2D eigenvalue weighted by atomic mass is 9.88. The minimum atomic E-state index is -0.665. The normalized spacial score (nSPS) is 17.5. The fraction of sp³-hybridized carbons (Fsp3) is 0.269.